The van der Waals surface area contributed by atoms with E-state index in [1.807, 2.05) is 53.1 Å². The maximum atomic E-state index is 6.03. The zero-order chi connectivity index (χ0) is 26.6. The van der Waals surface area contributed by atoms with Crippen molar-refractivity contribution in [3.8, 4) is 28.6 Å². The molecule has 200 valence electrons. The van der Waals surface area contributed by atoms with Crippen molar-refractivity contribution in [2.24, 2.45) is 0 Å². The molecule has 0 amide bonds. The first kappa shape index (κ1) is 24.9. The number of nitrogens with zero attached hydrogens (tertiary/aromatic N) is 5. The predicted octanol–water partition coefficient (Wildman–Crippen LogP) is 6.17. The second kappa shape index (κ2) is 11.1. The quantitative estimate of drug-likeness (QED) is 0.225. The van der Waals surface area contributed by atoms with Gasteiger partial charge in [0.15, 0.2) is 17.1 Å². The van der Waals surface area contributed by atoms with Gasteiger partial charge in [-0.1, -0.05) is 42.6 Å². The van der Waals surface area contributed by atoms with E-state index in [0.29, 0.717) is 36.4 Å². The highest BCUT2D eigenvalue weighted by Gasteiger charge is 2.22. The lowest BCUT2D eigenvalue weighted by molar-refractivity contribution is 0.284. The van der Waals surface area contributed by atoms with E-state index in [9.17, 15) is 0 Å². The average molecular weight is 526 g/mol. The van der Waals surface area contributed by atoms with Crippen molar-refractivity contribution >= 4 is 11.2 Å². The summed E-state index contributed by atoms with van der Waals surface area (Å²) in [5.74, 6) is 3.84. The van der Waals surface area contributed by atoms with E-state index in [-0.39, 0.29) is 0 Å². The van der Waals surface area contributed by atoms with E-state index in [1.165, 1.54) is 19.3 Å². The molecule has 9 nitrogen and oxygen atoms in total. The second-order valence-corrected chi connectivity index (χ2v) is 9.85. The number of pyridine rings is 1. The molecule has 3 aromatic heterocycles. The number of benzene rings is 2. The first-order valence-corrected chi connectivity index (χ1v) is 13.3. The molecule has 0 radical (unpaired) electrons. The van der Waals surface area contributed by atoms with Crippen LogP contribution in [0.1, 0.15) is 55.0 Å². The Balaban J connectivity index is 1.15. The van der Waals surface area contributed by atoms with Crippen molar-refractivity contribution in [2.75, 3.05) is 14.2 Å². The molecule has 0 atom stereocenters. The minimum atomic E-state index is 0.368. The molecule has 0 unspecified atom stereocenters. The molecule has 0 spiro atoms. The maximum Gasteiger partial charge on any atom is 0.230 e. The summed E-state index contributed by atoms with van der Waals surface area (Å²) in [6.07, 6.45) is 9.54. The van der Waals surface area contributed by atoms with Crippen molar-refractivity contribution in [3.05, 3.63) is 78.1 Å². The minimum Gasteiger partial charge on any atom is -0.497 e. The Morgan fingerprint density at radius 3 is 2.51 bits per heavy atom. The summed E-state index contributed by atoms with van der Waals surface area (Å²) in [6, 6.07) is 15.7. The highest BCUT2D eigenvalue weighted by molar-refractivity contribution is 5.76. The van der Waals surface area contributed by atoms with Gasteiger partial charge in [0.25, 0.3) is 0 Å². The van der Waals surface area contributed by atoms with Crippen LogP contribution in [-0.4, -0.2) is 38.9 Å². The molecule has 9 heteroatoms. The van der Waals surface area contributed by atoms with E-state index in [1.54, 1.807) is 26.7 Å². The number of methoxy groups -OCH3 is 2. The van der Waals surface area contributed by atoms with Gasteiger partial charge in [0.05, 0.1) is 27.1 Å². The van der Waals surface area contributed by atoms with Crippen LogP contribution >= 0.6 is 0 Å². The Labute approximate surface area is 226 Å². The highest BCUT2D eigenvalue weighted by Crippen LogP contribution is 2.33. The number of hydrogen-bond acceptors (Lipinski definition) is 8. The van der Waals surface area contributed by atoms with Crippen molar-refractivity contribution in [3.63, 3.8) is 0 Å². The zero-order valence-electron chi connectivity index (χ0n) is 22.2. The van der Waals surface area contributed by atoms with Crippen LogP contribution in [0, 0.1) is 0 Å². The third-order valence-electron chi connectivity index (χ3n) is 7.24. The van der Waals surface area contributed by atoms with E-state index in [4.69, 9.17) is 18.7 Å². The lowest BCUT2D eigenvalue weighted by atomic mass is 9.89. The summed E-state index contributed by atoms with van der Waals surface area (Å²) in [6.45, 7) is 1.02. The summed E-state index contributed by atoms with van der Waals surface area (Å²) >= 11 is 0. The molecule has 0 saturated heterocycles. The molecule has 1 saturated carbocycles. The Hall–Kier alpha value is -4.40. The van der Waals surface area contributed by atoms with Crippen molar-refractivity contribution in [1.29, 1.82) is 0 Å². The monoisotopic (exact) mass is 525 g/mol. The lowest BCUT2D eigenvalue weighted by Gasteiger charge is -2.17. The van der Waals surface area contributed by atoms with E-state index in [2.05, 4.69) is 20.1 Å². The number of ether oxygens (including phenoxy) is 3. The van der Waals surface area contributed by atoms with E-state index >= 15 is 0 Å². The van der Waals surface area contributed by atoms with Crippen molar-refractivity contribution < 1.29 is 18.7 Å². The Morgan fingerprint density at radius 2 is 1.72 bits per heavy atom. The van der Waals surface area contributed by atoms with Gasteiger partial charge in [-0.3, -0.25) is 0 Å². The van der Waals surface area contributed by atoms with Crippen LogP contribution in [0.2, 0.25) is 0 Å². The first-order chi connectivity index (χ1) is 19.2. The summed E-state index contributed by atoms with van der Waals surface area (Å²) in [4.78, 5) is 13.9. The summed E-state index contributed by atoms with van der Waals surface area (Å²) in [5.41, 5.74) is 4.46. The van der Waals surface area contributed by atoms with Crippen LogP contribution in [-0.2, 0) is 13.2 Å². The van der Waals surface area contributed by atoms with Gasteiger partial charge in [-0.2, -0.15) is 4.98 Å². The van der Waals surface area contributed by atoms with Gasteiger partial charge in [-0.05, 0) is 54.3 Å². The molecular weight excluding hydrogens is 494 g/mol. The number of imidazole rings is 1. The Kier molecular flexibility index (Phi) is 7.12. The summed E-state index contributed by atoms with van der Waals surface area (Å²) in [5, 5.41) is 4.22. The molecule has 2 aromatic carbocycles. The fourth-order valence-corrected chi connectivity index (χ4v) is 5.06. The van der Waals surface area contributed by atoms with Gasteiger partial charge in [0, 0.05) is 17.7 Å². The molecular formula is C30H31N5O4. The maximum absolute atomic E-state index is 6.03. The predicted molar refractivity (Wildman–Crippen MR) is 146 cm³/mol. The Morgan fingerprint density at radius 1 is 0.897 bits per heavy atom. The first-order valence-electron chi connectivity index (χ1n) is 13.3. The van der Waals surface area contributed by atoms with Gasteiger partial charge >= 0.3 is 0 Å². The van der Waals surface area contributed by atoms with Crippen molar-refractivity contribution in [1.82, 2.24) is 24.7 Å². The molecule has 6 rings (SSSR count). The van der Waals surface area contributed by atoms with Crippen LogP contribution in [0.3, 0.4) is 0 Å². The second-order valence-electron chi connectivity index (χ2n) is 9.85. The fourth-order valence-electron chi connectivity index (χ4n) is 5.06. The van der Waals surface area contributed by atoms with Crippen LogP contribution in [0.5, 0.6) is 17.2 Å². The minimum absolute atomic E-state index is 0.368. The molecule has 0 aliphatic heterocycles. The molecule has 1 aliphatic rings. The molecule has 1 fully saturated rings. The molecule has 39 heavy (non-hydrogen) atoms. The lowest BCUT2D eigenvalue weighted by Crippen LogP contribution is -2.04. The van der Waals surface area contributed by atoms with Crippen LogP contribution < -0.4 is 14.2 Å². The topological polar surface area (TPSA) is 97.3 Å². The largest absolute Gasteiger partial charge is 0.497 e. The number of aromatic nitrogens is 5. The molecule has 5 aromatic rings. The molecule has 0 bridgehead atoms. The Bertz CT molecular complexity index is 1550. The standard InChI is InChI=1S/C30H31N5O4/c1-36-24-11-8-20(9-12-24)18-38-26-13-10-21(14-27(26)37-2)17-35-19-32-25-15-23(16-31-29(25)35)28-33-30(39-34-28)22-6-4-3-5-7-22/h8-16,19,22H,3-7,17-18H2,1-2H3. The van der Waals surface area contributed by atoms with Gasteiger partial charge in [0.1, 0.15) is 17.9 Å². The molecule has 0 N–H and O–H groups in total. The third-order valence-corrected chi connectivity index (χ3v) is 7.24. The zero-order valence-corrected chi connectivity index (χ0v) is 22.2. The van der Waals surface area contributed by atoms with Crippen molar-refractivity contribution in [2.45, 2.75) is 51.2 Å². The number of hydrogen-bond donors (Lipinski definition) is 0. The van der Waals surface area contributed by atoms with Gasteiger partial charge in [-0.25, -0.2) is 9.97 Å². The third kappa shape index (κ3) is 5.43. The fraction of sp³-hybridized carbons (Fsp3) is 0.333. The summed E-state index contributed by atoms with van der Waals surface area (Å²) in [7, 11) is 3.30. The van der Waals surface area contributed by atoms with Gasteiger partial charge < -0.3 is 23.3 Å². The molecule has 1 aliphatic carbocycles. The summed E-state index contributed by atoms with van der Waals surface area (Å²) < 4.78 is 24.5. The van der Waals surface area contributed by atoms with Crippen LogP contribution in [0.4, 0.5) is 0 Å². The molecule has 3 heterocycles. The van der Waals surface area contributed by atoms with Gasteiger partial charge in [-0.15, -0.1) is 0 Å². The average Bonchev–Trinajstić information content (AvgIpc) is 3.65. The highest BCUT2D eigenvalue weighted by atomic mass is 16.5. The van der Waals surface area contributed by atoms with E-state index < -0.39 is 0 Å². The van der Waals surface area contributed by atoms with Gasteiger partial charge in [0.2, 0.25) is 11.7 Å². The smallest absolute Gasteiger partial charge is 0.230 e. The van der Waals surface area contributed by atoms with E-state index in [0.717, 1.165) is 52.3 Å². The van der Waals surface area contributed by atoms with Crippen LogP contribution in [0.15, 0.2) is 65.6 Å². The number of fused-ring (bicyclic) bond motifs is 1. The number of rotatable bonds is 9. The SMILES string of the molecule is COc1ccc(COc2ccc(Cn3cnc4cc(-c5noc(C6CCCCC6)n5)cnc43)cc2OC)cc1. The normalized spacial score (nSPS) is 14.0. The van der Waals surface area contributed by atoms with Crippen LogP contribution in [0.25, 0.3) is 22.6 Å².